The molecule has 0 aliphatic carbocycles. The molecule has 2 aliphatic rings. The van der Waals surface area contributed by atoms with Crippen LogP contribution < -0.4 is 0 Å². The van der Waals surface area contributed by atoms with E-state index in [0.29, 0.717) is 13.2 Å². The third-order valence-electron chi connectivity index (χ3n) is 5.02. The average molecular weight is 338 g/mol. The lowest BCUT2D eigenvalue weighted by molar-refractivity contribution is -0.0768. The summed E-state index contributed by atoms with van der Waals surface area (Å²) in [6.45, 7) is 7.78. The second-order valence-electron chi connectivity index (χ2n) is 6.79. The largest absolute Gasteiger partial charge is 0.375 e. The van der Waals surface area contributed by atoms with E-state index in [4.69, 9.17) is 4.74 Å². The first-order chi connectivity index (χ1) is 10.8. The summed E-state index contributed by atoms with van der Waals surface area (Å²) in [7, 11) is -3.18. The molecule has 0 saturated carbocycles. The highest BCUT2D eigenvalue weighted by Crippen LogP contribution is 2.26. The Kier molecular flexibility index (Phi) is 4.78. The SMILES string of the molecule is Cc1ccc(CN2CC[C@@H]3OCCN(S(C)(=O)=O)[C@H]3C2)cc1C. The number of piperidine rings is 1. The normalized spacial score (nSPS) is 26.9. The number of hydrogen-bond donors (Lipinski definition) is 0. The van der Waals surface area contributed by atoms with Gasteiger partial charge in [0, 0.05) is 26.2 Å². The highest BCUT2D eigenvalue weighted by molar-refractivity contribution is 7.88. The molecule has 2 aliphatic heterocycles. The number of nitrogens with zero attached hydrogens (tertiary/aromatic N) is 2. The van der Waals surface area contributed by atoms with E-state index in [1.165, 1.54) is 22.9 Å². The van der Waals surface area contributed by atoms with Crippen molar-refractivity contribution < 1.29 is 13.2 Å². The molecule has 0 spiro atoms. The van der Waals surface area contributed by atoms with Crippen LogP contribution in [0.15, 0.2) is 18.2 Å². The Bertz CT molecular complexity index is 674. The fraction of sp³-hybridized carbons (Fsp3) is 0.647. The molecular formula is C17H26N2O3S. The molecule has 1 aromatic rings. The fourth-order valence-corrected chi connectivity index (χ4v) is 4.72. The second-order valence-corrected chi connectivity index (χ2v) is 8.73. The third-order valence-corrected chi connectivity index (χ3v) is 6.33. The van der Waals surface area contributed by atoms with Gasteiger partial charge in [0.05, 0.1) is 25.0 Å². The molecule has 2 heterocycles. The van der Waals surface area contributed by atoms with Gasteiger partial charge < -0.3 is 4.74 Å². The molecule has 1 aromatic carbocycles. The maximum atomic E-state index is 12.0. The van der Waals surface area contributed by atoms with E-state index < -0.39 is 10.0 Å². The molecule has 23 heavy (non-hydrogen) atoms. The van der Waals surface area contributed by atoms with Crippen LogP contribution in [0, 0.1) is 13.8 Å². The predicted octanol–water partition coefficient (Wildman–Crippen LogP) is 1.54. The van der Waals surface area contributed by atoms with Crippen molar-refractivity contribution in [3.63, 3.8) is 0 Å². The molecule has 6 heteroatoms. The molecule has 2 saturated heterocycles. The molecular weight excluding hydrogens is 312 g/mol. The molecule has 0 unspecified atom stereocenters. The van der Waals surface area contributed by atoms with Crippen molar-refractivity contribution in [3.8, 4) is 0 Å². The maximum Gasteiger partial charge on any atom is 0.211 e. The molecule has 128 valence electrons. The minimum absolute atomic E-state index is 0.0366. The van der Waals surface area contributed by atoms with E-state index in [1.54, 1.807) is 4.31 Å². The molecule has 0 amide bonds. The summed E-state index contributed by atoms with van der Waals surface area (Å²) in [4.78, 5) is 2.35. The fourth-order valence-electron chi connectivity index (χ4n) is 3.62. The van der Waals surface area contributed by atoms with E-state index in [2.05, 4.69) is 36.9 Å². The van der Waals surface area contributed by atoms with Gasteiger partial charge in [-0.15, -0.1) is 0 Å². The molecule has 0 radical (unpaired) electrons. The van der Waals surface area contributed by atoms with E-state index in [-0.39, 0.29) is 12.1 Å². The van der Waals surface area contributed by atoms with Crippen LogP contribution in [0.25, 0.3) is 0 Å². The van der Waals surface area contributed by atoms with Crippen LogP contribution in [-0.2, 0) is 21.3 Å². The van der Waals surface area contributed by atoms with Gasteiger partial charge >= 0.3 is 0 Å². The van der Waals surface area contributed by atoms with Crippen LogP contribution in [0.5, 0.6) is 0 Å². The lowest BCUT2D eigenvalue weighted by Crippen LogP contribution is -2.60. The monoisotopic (exact) mass is 338 g/mol. The molecule has 0 bridgehead atoms. The first-order valence-corrected chi connectivity index (χ1v) is 10.1. The first kappa shape index (κ1) is 16.9. The molecule has 0 N–H and O–H groups in total. The minimum atomic E-state index is -3.18. The zero-order chi connectivity index (χ0) is 16.6. The van der Waals surface area contributed by atoms with Gasteiger partial charge in [0.1, 0.15) is 0 Å². The zero-order valence-electron chi connectivity index (χ0n) is 14.2. The zero-order valence-corrected chi connectivity index (χ0v) is 15.0. The number of benzene rings is 1. The summed E-state index contributed by atoms with van der Waals surface area (Å²) in [5.41, 5.74) is 3.89. The molecule has 2 fully saturated rings. The molecule has 5 nitrogen and oxygen atoms in total. The van der Waals surface area contributed by atoms with Crippen molar-refractivity contribution in [2.45, 2.75) is 39.0 Å². The van der Waals surface area contributed by atoms with Gasteiger partial charge in [0.25, 0.3) is 0 Å². The van der Waals surface area contributed by atoms with Crippen molar-refractivity contribution in [3.05, 3.63) is 34.9 Å². The first-order valence-electron chi connectivity index (χ1n) is 8.21. The molecule has 3 rings (SSSR count). The summed E-state index contributed by atoms with van der Waals surface area (Å²) < 4.78 is 31.5. The maximum absolute atomic E-state index is 12.0. The Balaban J connectivity index is 1.72. The van der Waals surface area contributed by atoms with Gasteiger partial charge in [-0.25, -0.2) is 8.42 Å². The summed E-state index contributed by atoms with van der Waals surface area (Å²) in [6, 6.07) is 6.50. The number of hydrogen-bond acceptors (Lipinski definition) is 4. The number of rotatable bonds is 3. The minimum Gasteiger partial charge on any atom is -0.375 e. The van der Waals surface area contributed by atoms with Crippen LogP contribution in [0.2, 0.25) is 0 Å². The highest BCUT2D eigenvalue weighted by Gasteiger charge is 2.40. The lowest BCUT2D eigenvalue weighted by Gasteiger charge is -2.45. The van der Waals surface area contributed by atoms with Crippen LogP contribution in [0.1, 0.15) is 23.1 Å². The van der Waals surface area contributed by atoms with Gasteiger partial charge in [-0.05, 0) is 37.0 Å². The smallest absolute Gasteiger partial charge is 0.211 e. The quantitative estimate of drug-likeness (QED) is 0.839. The molecule has 2 atom stereocenters. The highest BCUT2D eigenvalue weighted by atomic mass is 32.2. The number of aryl methyl sites for hydroxylation is 2. The summed E-state index contributed by atoms with van der Waals surface area (Å²) in [5.74, 6) is 0. The van der Waals surface area contributed by atoms with Crippen molar-refractivity contribution in [2.24, 2.45) is 0 Å². The number of sulfonamides is 1. The van der Waals surface area contributed by atoms with Crippen molar-refractivity contribution in [1.82, 2.24) is 9.21 Å². The van der Waals surface area contributed by atoms with Crippen molar-refractivity contribution in [2.75, 3.05) is 32.5 Å². The Labute approximate surface area is 139 Å². The average Bonchev–Trinajstić information content (AvgIpc) is 2.49. The van der Waals surface area contributed by atoms with Crippen LogP contribution in [-0.4, -0.2) is 62.3 Å². The lowest BCUT2D eigenvalue weighted by atomic mass is 9.99. The van der Waals surface area contributed by atoms with Gasteiger partial charge in [0.15, 0.2) is 0 Å². The summed E-state index contributed by atoms with van der Waals surface area (Å²) in [5, 5.41) is 0. The number of likely N-dealkylation sites (tertiary alicyclic amines) is 1. The van der Waals surface area contributed by atoms with Gasteiger partial charge in [-0.3, -0.25) is 4.90 Å². The van der Waals surface area contributed by atoms with Gasteiger partial charge in [-0.1, -0.05) is 18.2 Å². The van der Waals surface area contributed by atoms with Crippen LogP contribution >= 0.6 is 0 Å². The van der Waals surface area contributed by atoms with E-state index in [0.717, 1.165) is 26.1 Å². The Morgan fingerprint density at radius 3 is 2.70 bits per heavy atom. The Morgan fingerprint density at radius 1 is 1.22 bits per heavy atom. The number of morpholine rings is 1. The van der Waals surface area contributed by atoms with Crippen LogP contribution in [0.4, 0.5) is 0 Å². The number of ether oxygens (including phenoxy) is 1. The van der Waals surface area contributed by atoms with Crippen molar-refractivity contribution in [1.29, 1.82) is 0 Å². The van der Waals surface area contributed by atoms with E-state index >= 15 is 0 Å². The van der Waals surface area contributed by atoms with Crippen molar-refractivity contribution >= 4 is 10.0 Å². The summed E-state index contributed by atoms with van der Waals surface area (Å²) in [6.07, 6.45) is 2.23. The second kappa shape index (κ2) is 6.51. The van der Waals surface area contributed by atoms with Crippen LogP contribution in [0.3, 0.4) is 0 Å². The molecule has 0 aromatic heterocycles. The van der Waals surface area contributed by atoms with Gasteiger partial charge in [0.2, 0.25) is 10.0 Å². The third kappa shape index (κ3) is 3.76. The predicted molar refractivity (Wildman–Crippen MR) is 90.9 cm³/mol. The number of fused-ring (bicyclic) bond motifs is 1. The Morgan fingerprint density at radius 2 is 2.00 bits per heavy atom. The van der Waals surface area contributed by atoms with E-state index in [9.17, 15) is 8.42 Å². The standard InChI is InChI=1S/C17H26N2O3S/c1-13-4-5-15(10-14(13)2)11-18-7-6-17-16(12-18)19(8-9-22-17)23(3,20)21/h4-5,10,16-17H,6-9,11-12H2,1-3H3/t16-,17-/m0/s1. The van der Waals surface area contributed by atoms with Gasteiger partial charge in [-0.2, -0.15) is 4.31 Å². The van der Waals surface area contributed by atoms with E-state index in [1.807, 2.05) is 0 Å². The Hall–Kier alpha value is -0.950. The summed E-state index contributed by atoms with van der Waals surface area (Å²) >= 11 is 0. The topological polar surface area (TPSA) is 49.9 Å².